The predicted molar refractivity (Wildman–Crippen MR) is 86.5 cm³/mol. The molecule has 0 fully saturated rings. The first-order valence-electron chi connectivity index (χ1n) is 7.14. The van der Waals surface area contributed by atoms with Crippen molar-refractivity contribution in [1.82, 2.24) is 4.98 Å². The van der Waals surface area contributed by atoms with E-state index in [1.807, 2.05) is 20.9 Å². The van der Waals surface area contributed by atoms with Gasteiger partial charge in [-0.3, -0.25) is 0 Å². The van der Waals surface area contributed by atoms with Crippen molar-refractivity contribution in [3.63, 3.8) is 0 Å². The zero-order valence-electron chi connectivity index (χ0n) is 12.5. The number of likely N-dealkylation sites (N-methyl/N-ethyl adjacent to an activating group) is 1. The molecular weight excluding hydrogens is 270 g/mol. The Hall–Kier alpha value is -1.20. The Kier molecular flexibility index (Phi) is 4.94. The standard InChI is InChI=1S/C15H23N3OS/c1-10(2)19-8-7-18(3)15-12(14(16)20)9-11-5-4-6-13(11)17-15/h9-10H,4-8H2,1-3H3,(H2,16,20). The molecule has 0 radical (unpaired) electrons. The lowest BCUT2D eigenvalue weighted by Gasteiger charge is -2.22. The SMILES string of the molecule is CC(C)OCCN(C)c1nc2c(cc1C(N)=S)CCC2. The van der Waals surface area contributed by atoms with Gasteiger partial charge in [0.05, 0.1) is 18.3 Å². The zero-order valence-corrected chi connectivity index (χ0v) is 13.3. The van der Waals surface area contributed by atoms with Crippen molar-refractivity contribution in [3.8, 4) is 0 Å². The van der Waals surface area contributed by atoms with Crippen LogP contribution in [0.2, 0.25) is 0 Å². The van der Waals surface area contributed by atoms with Gasteiger partial charge in [-0.15, -0.1) is 0 Å². The first kappa shape index (κ1) is 15.2. The summed E-state index contributed by atoms with van der Waals surface area (Å²) < 4.78 is 5.59. The number of aryl methyl sites for hydroxylation is 2. The summed E-state index contributed by atoms with van der Waals surface area (Å²) in [5, 5.41) is 0. The third-order valence-electron chi connectivity index (χ3n) is 3.54. The summed E-state index contributed by atoms with van der Waals surface area (Å²) in [5.41, 5.74) is 9.23. The lowest BCUT2D eigenvalue weighted by atomic mass is 10.1. The number of hydrogen-bond acceptors (Lipinski definition) is 4. The maximum atomic E-state index is 5.86. The van der Waals surface area contributed by atoms with Gasteiger partial charge in [-0.2, -0.15) is 0 Å². The van der Waals surface area contributed by atoms with E-state index >= 15 is 0 Å². The molecule has 0 unspecified atom stereocenters. The highest BCUT2D eigenvalue weighted by Crippen LogP contribution is 2.26. The normalized spacial score (nSPS) is 13.6. The molecule has 1 heterocycles. The maximum Gasteiger partial charge on any atom is 0.138 e. The van der Waals surface area contributed by atoms with Gasteiger partial charge in [-0.05, 0) is 44.7 Å². The second-order valence-electron chi connectivity index (χ2n) is 5.52. The predicted octanol–water partition coefficient (Wildman–Crippen LogP) is 2.07. The van der Waals surface area contributed by atoms with Crippen molar-refractivity contribution >= 4 is 23.0 Å². The fourth-order valence-corrected chi connectivity index (χ4v) is 2.61. The third kappa shape index (κ3) is 3.46. The maximum absolute atomic E-state index is 5.86. The molecule has 5 heteroatoms. The van der Waals surface area contributed by atoms with Gasteiger partial charge in [0, 0.05) is 19.3 Å². The molecule has 1 aliphatic rings. The molecule has 1 aromatic rings. The third-order valence-corrected chi connectivity index (χ3v) is 3.76. The van der Waals surface area contributed by atoms with E-state index in [0.29, 0.717) is 11.6 Å². The Morgan fingerprint density at radius 1 is 1.50 bits per heavy atom. The average molecular weight is 293 g/mol. The molecule has 0 spiro atoms. The van der Waals surface area contributed by atoms with Crippen molar-refractivity contribution < 1.29 is 4.74 Å². The zero-order chi connectivity index (χ0) is 14.7. The highest BCUT2D eigenvalue weighted by molar-refractivity contribution is 7.80. The summed E-state index contributed by atoms with van der Waals surface area (Å²) in [6.07, 6.45) is 3.55. The fraction of sp³-hybridized carbons (Fsp3) is 0.600. The number of anilines is 1. The number of pyridine rings is 1. The van der Waals surface area contributed by atoms with Crippen molar-refractivity contribution in [2.75, 3.05) is 25.1 Å². The van der Waals surface area contributed by atoms with E-state index in [4.69, 9.17) is 27.7 Å². The number of rotatable bonds is 6. The minimum atomic E-state index is 0.242. The molecule has 0 bridgehead atoms. The van der Waals surface area contributed by atoms with Crippen LogP contribution in [0.15, 0.2) is 6.07 Å². The molecule has 110 valence electrons. The summed E-state index contributed by atoms with van der Waals surface area (Å²) in [7, 11) is 2.01. The fourth-order valence-electron chi connectivity index (χ4n) is 2.46. The van der Waals surface area contributed by atoms with E-state index in [2.05, 4.69) is 11.0 Å². The topological polar surface area (TPSA) is 51.4 Å². The highest BCUT2D eigenvalue weighted by atomic mass is 32.1. The molecular formula is C15H23N3OS. The average Bonchev–Trinajstić information content (AvgIpc) is 2.83. The van der Waals surface area contributed by atoms with Gasteiger partial charge in [0.15, 0.2) is 0 Å². The van der Waals surface area contributed by atoms with E-state index in [0.717, 1.165) is 30.8 Å². The van der Waals surface area contributed by atoms with Gasteiger partial charge in [0.1, 0.15) is 10.8 Å². The smallest absolute Gasteiger partial charge is 0.138 e. The molecule has 2 rings (SSSR count). The van der Waals surface area contributed by atoms with Crippen LogP contribution in [0.3, 0.4) is 0 Å². The lowest BCUT2D eigenvalue weighted by molar-refractivity contribution is 0.0845. The molecule has 1 aromatic heterocycles. The van der Waals surface area contributed by atoms with Crippen LogP contribution in [0, 0.1) is 0 Å². The molecule has 20 heavy (non-hydrogen) atoms. The van der Waals surface area contributed by atoms with Gasteiger partial charge in [-0.25, -0.2) is 4.98 Å². The molecule has 0 amide bonds. The van der Waals surface area contributed by atoms with Crippen LogP contribution in [0.4, 0.5) is 5.82 Å². The first-order chi connectivity index (χ1) is 9.49. The number of aromatic nitrogens is 1. The Morgan fingerprint density at radius 2 is 2.25 bits per heavy atom. The monoisotopic (exact) mass is 293 g/mol. The van der Waals surface area contributed by atoms with Crippen LogP contribution in [-0.4, -0.2) is 36.3 Å². The lowest BCUT2D eigenvalue weighted by Crippen LogP contribution is -2.28. The van der Waals surface area contributed by atoms with Crippen molar-refractivity contribution in [1.29, 1.82) is 0 Å². The van der Waals surface area contributed by atoms with Crippen molar-refractivity contribution in [2.24, 2.45) is 5.73 Å². The minimum absolute atomic E-state index is 0.242. The Bertz CT molecular complexity index is 502. The van der Waals surface area contributed by atoms with E-state index in [1.54, 1.807) is 0 Å². The Morgan fingerprint density at radius 3 is 2.90 bits per heavy atom. The van der Waals surface area contributed by atoms with Crippen molar-refractivity contribution in [2.45, 2.75) is 39.2 Å². The van der Waals surface area contributed by atoms with E-state index in [9.17, 15) is 0 Å². The second kappa shape index (κ2) is 6.50. The largest absolute Gasteiger partial charge is 0.389 e. The molecule has 4 nitrogen and oxygen atoms in total. The van der Waals surface area contributed by atoms with E-state index in [-0.39, 0.29) is 6.10 Å². The van der Waals surface area contributed by atoms with E-state index in [1.165, 1.54) is 17.7 Å². The van der Waals surface area contributed by atoms with Crippen LogP contribution >= 0.6 is 12.2 Å². The van der Waals surface area contributed by atoms with Crippen LogP contribution in [0.25, 0.3) is 0 Å². The number of thiocarbonyl (C=S) groups is 1. The Balaban J connectivity index is 2.18. The Labute approximate surface area is 126 Å². The quantitative estimate of drug-likeness (QED) is 0.814. The molecule has 0 atom stereocenters. The van der Waals surface area contributed by atoms with Crippen LogP contribution in [-0.2, 0) is 17.6 Å². The van der Waals surface area contributed by atoms with Gasteiger partial charge in [0.2, 0.25) is 0 Å². The number of ether oxygens (including phenoxy) is 1. The van der Waals surface area contributed by atoms with Crippen LogP contribution in [0.1, 0.15) is 37.1 Å². The molecule has 0 saturated heterocycles. The first-order valence-corrected chi connectivity index (χ1v) is 7.55. The summed E-state index contributed by atoms with van der Waals surface area (Å²) in [6, 6.07) is 2.12. The molecule has 1 aliphatic carbocycles. The summed E-state index contributed by atoms with van der Waals surface area (Å²) in [6.45, 7) is 5.52. The van der Waals surface area contributed by atoms with Gasteiger partial charge < -0.3 is 15.4 Å². The number of hydrogen-bond donors (Lipinski definition) is 1. The molecule has 2 N–H and O–H groups in total. The number of nitrogens with two attached hydrogens (primary N) is 1. The van der Waals surface area contributed by atoms with Gasteiger partial charge in [-0.1, -0.05) is 12.2 Å². The number of nitrogens with zero attached hydrogens (tertiary/aromatic N) is 2. The highest BCUT2D eigenvalue weighted by Gasteiger charge is 2.19. The van der Waals surface area contributed by atoms with Crippen LogP contribution < -0.4 is 10.6 Å². The van der Waals surface area contributed by atoms with Crippen LogP contribution in [0.5, 0.6) is 0 Å². The molecule has 0 aromatic carbocycles. The van der Waals surface area contributed by atoms with E-state index < -0.39 is 0 Å². The summed E-state index contributed by atoms with van der Waals surface area (Å²) >= 11 is 5.17. The number of fused-ring (bicyclic) bond motifs is 1. The summed E-state index contributed by atoms with van der Waals surface area (Å²) in [4.78, 5) is 7.27. The van der Waals surface area contributed by atoms with Crippen molar-refractivity contribution in [3.05, 3.63) is 22.9 Å². The van der Waals surface area contributed by atoms with Gasteiger partial charge >= 0.3 is 0 Å². The van der Waals surface area contributed by atoms with Gasteiger partial charge in [0.25, 0.3) is 0 Å². The molecule has 0 saturated carbocycles. The summed E-state index contributed by atoms with van der Waals surface area (Å²) in [5.74, 6) is 0.880. The molecule has 0 aliphatic heterocycles. The second-order valence-corrected chi connectivity index (χ2v) is 5.96. The minimum Gasteiger partial charge on any atom is -0.389 e.